The third kappa shape index (κ3) is 6.32. The normalized spacial score (nSPS) is 12.5. The summed E-state index contributed by atoms with van der Waals surface area (Å²) in [5, 5.41) is 13.7. The van der Waals surface area contributed by atoms with Gasteiger partial charge in [-0.1, -0.05) is 78.4 Å². The van der Waals surface area contributed by atoms with E-state index >= 15 is 0 Å². The minimum Gasteiger partial charge on any atom is -0.361 e. The zero-order chi connectivity index (χ0) is 28.1. The van der Waals surface area contributed by atoms with Gasteiger partial charge in [0.25, 0.3) is 0 Å². The molecule has 5 aromatic rings. The Morgan fingerprint density at radius 3 is 2.42 bits per heavy atom. The Morgan fingerprint density at radius 2 is 1.68 bits per heavy atom. The summed E-state index contributed by atoms with van der Waals surface area (Å²) < 4.78 is 2.24. The second-order valence-corrected chi connectivity index (χ2v) is 11.2. The van der Waals surface area contributed by atoms with Crippen molar-refractivity contribution >= 4 is 16.8 Å². The summed E-state index contributed by atoms with van der Waals surface area (Å²) in [4.78, 5) is 16.2. The first-order valence-electron chi connectivity index (χ1n) is 13.9. The van der Waals surface area contributed by atoms with Crippen LogP contribution in [0.5, 0.6) is 0 Å². The number of carbonyl (C=O) groups is 1. The van der Waals surface area contributed by atoms with Gasteiger partial charge in [0.15, 0.2) is 0 Å². The lowest BCUT2D eigenvalue weighted by molar-refractivity contribution is -0.125. The quantitative estimate of drug-likeness (QED) is 0.215. The molecule has 0 aliphatic carbocycles. The Morgan fingerprint density at radius 1 is 0.950 bits per heavy atom. The molecule has 0 spiro atoms. The molecule has 1 amide bonds. The van der Waals surface area contributed by atoms with Crippen molar-refractivity contribution in [2.45, 2.75) is 58.0 Å². The molecule has 7 heteroatoms. The molecule has 0 aliphatic rings. The molecule has 206 valence electrons. The molecule has 0 radical (unpaired) electrons. The fourth-order valence-corrected chi connectivity index (χ4v) is 5.08. The number of rotatable bonds is 11. The maximum Gasteiger partial charge on any atom is 0.239 e. The maximum absolute atomic E-state index is 12.8. The molecule has 0 fully saturated rings. The second-order valence-electron chi connectivity index (χ2n) is 11.2. The summed E-state index contributed by atoms with van der Waals surface area (Å²) in [5.41, 5.74) is 11.0. The number of carbonyl (C=O) groups excluding carboxylic acids is 1. The number of benzene rings is 3. The number of H-pyrrole nitrogens is 1. The number of amides is 1. The number of aryl methyl sites for hydroxylation is 3. The van der Waals surface area contributed by atoms with Gasteiger partial charge in [-0.3, -0.25) is 4.79 Å². The summed E-state index contributed by atoms with van der Waals surface area (Å²) >= 11 is 0. The Labute approximate surface area is 235 Å². The number of aromatic amines is 1. The zero-order valence-electron chi connectivity index (χ0n) is 23.5. The topological polar surface area (TPSA) is 102 Å². The third-order valence-corrected chi connectivity index (χ3v) is 7.39. The van der Waals surface area contributed by atoms with E-state index in [0.29, 0.717) is 13.1 Å². The Bertz CT molecular complexity index is 1560. The summed E-state index contributed by atoms with van der Waals surface area (Å²) in [7, 11) is 0. The van der Waals surface area contributed by atoms with Gasteiger partial charge in [0, 0.05) is 30.1 Å². The summed E-state index contributed by atoms with van der Waals surface area (Å²) in [5.74, 6) is 1.35. The van der Waals surface area contributed by atoms with Crippen molar-refractivity contribution in [3.05, 3.63) is 119 Å². The average molecular weight is 535 g/mol. The molecule has 2 aromatic heterocycles. The molecule has 40 heavy (non-hydrogen) atoms. The first kappa shape index (κ1) is 27.3. The standard InChI is InChI=1S/C33H38N6O/c1-23-16-18-25(19-17-23)22-39-30(15-9-12-24-10-5-4-6-11-24)37-38-31(39)28(21-36-32(40)33(2,3)34)27-20-35-29-14-8-7-13-26(27)29/h4-8,10-11,13-14,16-20,28,35H,9,12,15,21-22,34H2,1-3H3,(H,36,40). The van der Waals surface area contributed by atoms with E-state index in [1.165, 1.54) is 16.7 Å². The van der Waals surface area contributed by atoms with Crippen LogP contribution < -0.4 is 11.1 Å². The summed E-state index contributed by atoms with van der Waals surface area (Å²) in [6.45, 7) is 6.54. The molecule has 0 aliphatic heterocycles. The minimum atomic E-state index is -0.983. The lowest BCUT2D eigenvalue weighted by Gasteiger charge is -2.23. The van der Waals surface area contributed by atoms with Crippen LogP contribution in [0.4, 0.5) is 0 Å². The van der Waals surface area contributed by atoms with E-state index < -0.39 is 5.54 Å². The van der Waals surface area contributed by atoms with Gasteiger partial charge >= 0.3 is 0 Å². The van der Waals surface area contributed by atoms with Crippen LogP contribution >= 0.6 is 0 Å². The monoisotopic (exact) mass is 534 g/mol. The van der Waals surface area contributed by atoms with Crippen molar-refractivity contribution in [3.8, 4) is 0 Å². The lowest BCUT2D eigenvalue weighted by Crippen LogP contribution is -2.50. The van der Waals surface area contributed by atoms with E-state index in [0.717, 1.165) is 47.4 Å². The maximum atomic E-state index is 12.8. The van der Waals surface area contributed by atoms with Crippen LogP contribution in [0.25, 0.3) is 10.9 Å². The van der Waals surface area contributed by atoms with Crippen molar-refractivity contribution in [3.63, 3.8) is 0 Å². The first-order valence-corrected chi connectivity index (χ1v) is 13.9. The number of hydrogen-bond acceptors (Lipinski definition) is 4. The van der Waals surface area contributed by atoms with Gasteiger partial charge in [0.2, 0.25) is 5.91 Å². The highest BCUT2D eigenvalue weighted by Gasteiger charge is 2.28. The average Bonchev–Trinajstić information content (AvgIpc) is 3.55. The Balaban J connectivity index is 1.52. The highest BCUT2D eigenvalue weighted by molar-refractivity contribution is 5.86. The summed E-state index contributed by atoms with van der Waals surface area (Å²) in [6.07, 6.45) is 4.76. The number of nitrogens with zero attached hydrogens (tertiary/aromatic N) is 3. The van der Waals surface area contributed by atoms with Gasteiger partial charge in [-0.2, -0.15) is 0 Å². The van der Waals surface area contributed by atoms with Crippen LogP contribution in [0.1, 0.15) is 60.1 Å². The van der Waals surface area contributed by atoms with Gasteiger partial charge < -0.3 is 20.6 Å². The molecule has 3 aromatic carbocycles. The number of para-hydroxylation sites is 1. The number of hydrogen-bond donors (Lipinski definition) is 3. The van der Waals surface area contributed by atoms with Crippen LogP contribution in [0.3, 0.4) is 0 Å². The Hall–Kier alpha value is -4.23. The van der Waals surface area contributed by atoms with E-state index in [1.807, 2.05) is 24.4 Å². The van der Waals surface area contributed by atoms with Gasteiger partial charge in [-0.05, 0) is 56.4 Å². The lowest BCUT2D eigenvalue weighted by atomic mass is 9.96. The second kappa shape index (κ2) is 11.9. The molecule has 4 N–H and O–H groups in total. The van der Waals surface area contributed by atoms with E-state index in [2.05, 4.69) is 82.5 Å². The molecule has 2 heterocycles. The SMILES string of the molecule is Cc1ccc(Cn2c(CCCc3ccccc3)nnc2C(CNC(=O)C(C)(C)N)c2c[nH]c3ccccc23)cc1. The fourth-order valence-electron chi connectivity index (χ4n) is 5.08. The molecule has 1 unspecified atom stereocenters. The van der Waals surface area contributed by atoms with Crippen molar-refractivity contribution in [2.24, 2.45) is 5.73 Å². The van der Waals surface area contributed by atoms with Crippen molar-refractivity contribution < 1.29 is 4.79 Å². The molecular weight excluding hydrogens is 496 g/mol. The number of fused-ring (bicyclic) bond motifs is 1. The zero-order valence-corrected chi connectivity index (χ0v) is 23.5. The fraction of sp³-hybridized carbons (Fsp3) is 0.303. The first-order chi connectivity index (χ1) is 19.3. The van der Waals surface area contributed by atoms with Gasteiger partial charge in [-0.15, -0.1) is 10.2 Å². The molecule has 1 atom stereocenters. The van der Waals surface area contributed by atoms with Crippen LogP contribution in [0.2, 0.25) is 0 Å². The number of aromatic nitrogens is 4. The molecular formula is C33H38N6O. The van der Waals surface area contributed by atoms with Crippen LogP contribution in [-0.4, -0.2) is 37.7 Å². The van der Waals surface area contributed by atoms with Crippen LogP contribution in [-0.2, 0) is 24.2 Å². The van der Waals surface area contributed by atoms with E-state index in [1.54, 1.807) is 13.8 Å². The van der Waals surface area contributed by atoms with Gasteiger partial charge in [0.05, 0.1) is 18.0 Å². The van der Waals surface area contributed by atoms with Crippen molar-refractivity contribution in [2.75, 3.05) is 6.54 Å². The summed E-state index contributed by atoms with van der Waals surface area (Å²) in [6, 6.07) is 27.3. The van der Waals surface area contributed by atoms with Crippen LogP contribution in [0.15, 0.2) is 85.1 Å². The Kier molecular flexibility index (Phi) is 8.12. The largest absolute Gasteiger partial charge is 0.361 e. The highest BCUT2D eigenvalue weighted by Crippen LogP contribution is 2.31. The highest BCUT2D eigenvalue weighted by atomic mass is 16.2. The molecule has 5 rings (SSSR count). The van der Waals surface area contributed by atoms with Crippen molar-refractivity contribution in [1.82, 2.24) is 25.1 Å². The molecule has 7 nitrogen and oxygen atoms in total. The number of nitrogens with two attached hydrogens (primary N) is 1. The minimum absolute atomic E-state index is 0.204. The smallest absolute Gasteiger partial charge is 0.239 e. The number of nitrogens with one attached hydrogen (secondary N) is 2. The third-order valence-electron chi connectivity index (χ3n) is 7.39. The molecule has 0 saturated carbocycles. The van der Waals surface area contributed by atoms with E-state index in [-0.39, 0.29) is 11.8 Å². The molecule has 0 saturated heterocycles. The van der Waals surface area contributed by atoms with Crippen molar-refractivity contribution in [1.29, 1.82) is 0 Å². The predicted molar refractivity (Wildman–Crippen MR) is 160 cm³/mol. The predicted octanol–water partition coefficient (Wildman–Crippen LogP) is 5.28. The van der Waals surface area contributed by atoms with Gasteiger partial charge in [-0.25, -0.2) is 0 Å². The van der Waals surface area contributed by atoms with Crippen LogP contribution in [0, 0.1) is 6.92 Å². The molecule has 0 bridgehead atoms. The van der Waals surface area contributed by atoms with E-state index in [9.17, 15) is 4.79 Å². The van der Waals surface area contributed by atoms with Gasteiger partial charge in [0.1, 0.15) is 11.6 Å². The van der Waals surface area contributed by atoms with E-state index in [4.69, 9.17) is 15.9 Å².